The monoisotopic (exact) mass is 285 g/mol. The molecule has 2 heterocycles. The number of nitrogens with one attached hydrogen (secondary N) is 1. The third kappa shape index (κ3) is 3.17. The zero-order chi connectivity index (χ0) is 14.7. The fourth-order valence-corrected chi connectivity index (χ4v) is 3.02. The van der Waals surface area contributed by atoms with Gasteiger partial charge in [-0.25, -0.2) is 0 Å². The average molecular weight is 285 g/mol. The molecule has 1 N–H and O–H groups in total. The van der Waals surface area contributed by atoms with Gasteiger partial charge in [0.25, 0.3) is 0 Å². The van der Waals surface area contributed by atoms with Crippen molar-refractivity contribution in [3.8, 4) is 0 Å². The van der Waals surface area contributed by atoms with Gasteiger partial charge in [0.15, 0.2) is 5.76 Å². The zero-order valence-electron chi connectivity index (χ0n) is 12.7. The summed E-state index contributed by atoms with van der Waals surface area (Å²) in [5, 5.41) is 7.54. The van der Waals surface area contributed by atoms with E-state index in [1.807, 2.05) is 6.07 Å². The Hall–Kier alpha value is -1.65. The second-order valence-corrected chi connectivity index (χ2v) is 6.11. The Morgan fingerprint density at radius 2 is 2.14 bits per heavy atom. The number of hydrogen-bond acceptors (Lipinski definition) is 4. The Kier molecular flexibility index (Phi) is 4.08. The van der Waals surface area contributed by atoms with Gasteiger partial charge in [0.2, 0.25) is 0 Å². The highest BCUT2D eigenvalue weighted by Crippen LogP contribution is 2.29. The van der Waals surface area contributed by atoms with Crippen molar-refractivity contribution in [3.63, 3.8) is 0 Å². The van der Waals surface area contributed by atoms with Gasteiger partial charge in [-0.3, -0.25) is 4.90 Å². The normalized spacial score (nSPS) is 26.9. The first kappa shape index (κ1) is 14.3. The molecule has 1 aromatic heterocycles. The number of benzene rings is 1. The van der Waals surface area contributed by atoms with E-state index in [-0.39, 0.29) is 5.54 Å². The number of piperazine rings is 1. The maximum absolute atomic E-state index is 5.31. The van der Waals surface area contributed by atoms with E-state index in [2.05, 4.69) is 59.6 Å². The van der Waals surface area contributed by atoms with Crippen LogP contribution in [0.4, 0.5) is 0 Å². The second kappa shape index (κ2) is 6.00. The molecular formula is C17H23N3O. The van der Waals surface area contributed by atoms with Crippen molar-refractivity contribution in [2.75, 3.05) is 13.1 Å². The molecule has 0 aliphatic carbocycles. The van der Waals surface area contributed by atoms with Crippen LogP contribution in [0.15, 0.2) is 47.1 Å². The number of aromatic nitrogens is 1. The zero-order valence-corrected chi connectivity index (χ0v) is 12.7. The summed E-state index contributed by atoms with van der Waals surface area (Å²) < 4.78 is 5.31. The smallest absolute Gasteiger partial charge is 0.150 e. The molecule has 0 saturated carbocycles. The molecule has 0 radical (unpaired) electrons. The molecule has 0 bridgehead atoms. The Morgan fingerprint density at radius 1 is 1.33 bits per heavy atom. The molecule has 4 heteroatoms. The first-order valence-electron chi connectivity index (χ1n) is 7.64. The molecule has 2 aromatic rings. The fraction of sp³-hybridized carbons (Fsp3) is 0.471. The molecule has 0 spiro atoms. The van der Waals surface area contributed by atoms with Crippen molar-refractivity contribution >= 4 is 0 Å². The molecule has 112 valence electrons. The highest BCUT2D eigenvalue weighted by atomic mass is 16.5. The molecule has 3 rings (SSSR count). The minimum Gasteiger partial charge on any atom is -0.360 e. The van der Waals surface area contributed by atoms with Crippen LogP contribution < -0.4 is 5.32 Å². The van der Waals surface area contributed by atoms with E-state index in [9.17, 15) is 0 Å². The van der Waals surface area contributed by atoms with Crippen molar-refractivity contribution in [1.82, 2.24) is 15.4 Å². The van der Waals surface area contributed by atoms with E-state index in [0.29, 0.717) is 6.04 Å². The number of nitrogens with zero attached hydrogens (tertiary/aromatic N) is 2. The lowest BCUT2D eigenvalue weighted by atomic mass is 9.91. The van der Waals surface area contributed by atoms with E-state index in [0.717, 1.165) is 31.8 Å². The third-order valence-electron chi connectivity index (χ3n) is 4.53. The molecule has 1 saturated heterocycles. The topological polar surface area (TPSA) is 41.3 Å². The van der Waals surface area contributed by atoms with Crippen molar-refractivity contribution in [2.45, 2.75) is 38.4 Å². The Labute approximate surface area is 126 Å². The largest absolute Gasteiger partial charge is 0.360 e. The predicted molar refractivity (Wildman–Crippen MR) is 82.8 cm³/mol. The SMILES string of the molecule is CCC1(C)CN(Cc2ccno2)C(c2ccccc2)CN1. The van der Waals surface area contributed by atoms with E-state index >= 15 is 0 Å². The van der Waals surface area contributed by atoms with Gasteiger partial charge >= 0.3 is 0 Å². The van der Waals surface area contributed by atoms with Gasteiger partial charge in [0.1, 0.15) is 0 Å². The van der Waals surface area contributed by atoms with Gasteiger partial charge in [-0.05, 0) is 18.9 Å². The lowest BCUT2D eigenvalue weighted by Crippen LogP contribution is -2.59. The molecule has 4 nitrogen and oxygen atoms in total. The standard InChI is InChI=1S/C17H23N3O/c1-3-17(2)13-20(12-15-9-10-19-21-15)16(11-18-17)14-7-5-4-6-8-14/h4-10,16,18H,3,11-13H2,1-2H3. The summed E-state index contributed by atoms with van der Waals surface area (Å²) in [6, 6.07) is 13.0. The molecule has 0 amide bonds. The Bertz CT molecular complexity index is 555. The van der Waals surface area contributed by atoms with Gasteiger partial charge in [0.05, 0.1) is 12.7 Å². The summed E-state index contributed by atoms with van der Waals surface area (Å²) in [6.07, 6.45) is 2.83. The summed E-state index contributed by atoms with van der Waals surface area (Å²) in [4.78, 5) is 2.50. The van der Waals surface area contributed by atoms with Crippen LogP contribution in [0.3, 0.4) is 0 Å². The van der Waals surface area contributed by atoms with Gasteiger partial charge in [0, 0.05) is 30.7 Å². The molecule has 1 aliphatic rings. The van der Waals surface area contributed by atoms with Crippen LogP contribution in [-0.4, -0.2) is 28.7 Å². The van der Waals surface area contributed by atoms with Gasteiger partial charge in [-0.1, -0.05) is 42.4 Å². The molecule has 1 fully saturated rings. The van der Waals surface area contributed by atoms with E-state index < -0.39 is 0 Å². The maximum atomic E-state index is 5.31. The van der Waals surface area contributed by atoms with Crippen molar-refractivity contribution in [1.29, 1.82) is 0 Å². The van der Waals surface area contributed by atoms with Crippen molar-refractivity contribution in [2.24, 2.45) is 0 Å². The van der Waals surface area contributed by atoms with E-state index in [1.54, 1.807) is 6.20 Å². The molecule has 2 unspecified atom stereocenters. The summed E-state index contributed by atoms with van der Waals surface area (Å²) in [7, 11) is 0. The second-order valence-electron chi connectivity index (χ2n) is 6.11. The van der Waals surface area contributed by atoms with Crippen LogP contribution >= 0.6 is 0 Å². The van der Waals surface area contributed by atoms with Crippen LogP contribution in [0.25, 0.3) is 0 Å². The number of rotatable bonds is 4. The third-order valence-corrected chi connectivity index (χ3v) is 4.53. The summed E-state index contributed by atoms with van der Waals surface area (Å²) in [5.41, 5.74) is 1.51. The number of hydrogen-bond donors (Lipinski definition) is 1. The van der Waals surface area contributed by atoms with Crippen LogP contribution in [0, 0.1) is 0 Å². The summed E-state index contributed by atoms with van der Waals surface area (Å²) >= 11 is 0. The quantitative estimate of drug-likeness (QED) is 0.937. The summed E-state index contributed by atoms with van der Waals surface area (Å²) in [6.45, 7) is 7.30. The van der Waals surface area contributed by atoms with Crippen LogP contribution in [0.2, 0.25) is 0 Å². The first-order chi connectivity index (χ1) is 10.2. The Balaban J connectivity index is 1.84. The van der Waals surface area contributed by atoms with Crippen LogP contribution in [0.5, 0.6) is 0 Å². The van der Waals surface area contributed by atoms with Gasteiger partial charge in [-0.2, -0.15) is 0 Å². The molecule has 1 aliphatic heterocycles. The maximum Gasteiger partial charge on any atom is 0.150 e. The van der Waals surface area contributed by atoms with Gasteiger partial charge in [-0.15, -0.1) is 0 Å². The average Bonchev–Trinajstić information content (AvgIpc) is 3.01. The van der Waals surface area contributed by atoms with Crippen molar-refractivity contribution in [3.05, 3.63) is 53.9 Å². The molecular weight excluding hydrogens is 262 g/mol. The lowest BCUT2D eigenvalue weighted by Gasteiger charge is -2.46. The highest BCUT2D eigenvalue weighted by molar-refractivity contribution is 5.21. The molecule has 1 aromatic carbocycles. The van der Waals surface area contributed by atoms with Crippen LogP contribution in [0.1, 0.15) is 37.6 Å². The van der Waals surface area contributed by atoms with E-state index in [4.69, 9.17) is 4.52 Å². The minimum atomic E-state index is 0.158. The van der Waals surface area contributed by atoms with Gasteiger partial charge < -0.3 is 9.84 Å². The molecule has 2 atom stereocenters. The van der Waals surface area contributed by atoms with Crippen molar-refractivity contribution < 1.29 is 4.52 Å². The predicted octanol–water partition coefficient (Wildman–Crippen LogP) is 2.99. The minimum absolute atomic E-state index is 0.158. The summed E-state index contributed by atoms with van der Waals surface area (Å²) in [5.74, 6) is 0.927. The first-order valence-corrected chi connectivity index (χ1v) is 7.64. The highest BCUT2D eigenvalue weighted by Gasteiger charge is 2.35. The lowest BCUT2D eigenvalue weighted by molar-refractivity contribution is 0.0692. The van der Waals surface area contributed by atoms with E-state index in [1.165, 1.54) is 5.56 Å². The van der Waals surface area contributed by atoms with Crippen LogP contribution in [-0.2, 0) is 6.54 Å². The fourth-order valence-electron chi connectivity index (χ4n) is 3.02. The molecule has 21 heavy (non-hydrogen) atoms. The Morgan fingerprint density at radius 3 is 2.81 bits per heavy atom.